The summed E-state index contributed by atoms with van der Waals surface area (Å²) in [4.78, 5) is 24.3. The Labute approximate surface area is 116 Å². The molecular weight excluding hydrogens is 264 g/mol. The molecule has 1 aliphatic rings. The fourth-order valence-corrected chi connectivity index (χ4v) is 2.15. The fourth-order valence-electron chi connectivity index (χ4n) is 2.15. The molecule has 0 unspecified atom stereocenters. The van der Waals surface area contributed by atoms with Crippen LogP contribution >= 0.6 is 0 Å². The number of hydrogen-bond donors (Lipinski definition) is 3. The highest BCUT2D eigenvalue weighted by molar-refractivity contribution is 5.76. The van der Waals surface area contributed by atoms with Crippen LogP contribution in [-0.4, -0.2) is 68.0 Å². The summed E-state index contributed by atoms with van der Waals surface area (Å²) in [6, 6.07) is 1.71. The van der Waals surface area contributed by atoms with Gasteiger partial charge in [-0.1, -0.05) is 0 Å². The summed E-state index contributed by atoms with van der Waals surface area (Å²) in [5.74, 6) is -0.543. The normalized spacial score (nSPS) is 25.8. The molecule has 0 spiro atoms. The summed E-state index contributed by atoms with van der Waals surface area (Å²) in [6.07, 6.45) is 2.14. The van der Waals surface area contributed by atoms with E-state index in [4.69, 9.17) is 0 Å². The molecule has 8 nitrogen and oxygen atoms in total. The van der Waals surface area contributed by atoms with Gasteiger partial charge in [-0.15, -0.1) is 0 Å². The SMILES string of the molecule is CC(=O)NC[C@]1(O)CN(C(=O)Cn2cccn2)C[C@H]1O. The van der Waals surface area contributed by atoms with Crippen LogP contribution in [0, 0.1) is 0 Å². The van der Waals surface area contributed by atoms with E-state index in [0.717, 1.165) is 0 Å². The summed E-state index contributed by atoms with van der Waals surface area (Å²) in [7, 11) is 0. The lowest BCUT2D eigenvalue weighted by Crippen LogP contribution is -2.51. The van der Waals surface area contributed by atoms with Crippen molar-refractivity contribution in [3.63, 3.8) is 0 Å². The van der Waals surface area contributed by atoms with E-state index in [1.54, 1.807) is 18.5 Å². The van der Waals surface area contributed by atoms with Crippen molar-refractivity contribution in [2.24, 2.45) is 0 Å². The number of rotatable bonds is 4. The predicted molar refractivity (Wildman–Crippen MR) is 68.4 cm³/mol. The standard InChI is InChI=1S/C12H18N4O4/c1-9(17)13-7-12(20)8-15(5-10(12)18)11(19)6-16-4-2-3-14-16/h2-4,10,18,20H,5-8H2,1H3,(H,13,17)/t10-,12+/m1/s1. The minimum Gasteiger partial charge on any atom is -0.388 e. The smallest absolute Gasteiger partial charge is 0.244 e. The van der Waals surface area contributed by atoms with Crippen molar-refractivity contribution in [2.75, 3.05) is 19.6 Å². The number of likely N-dealkylation sites (tertiary alicyclic amines) is 1. The lowest BCUT2D eigenvalue weighted by atomic mass is 10.0. The molecule has 0 aliphatic carbocycles. The lowest BCUT2D eigenvalue weighted by Gasteiger charge is -2.25. The maximum atomic E-state index is 12.0. The van der Waals surface area contributed by atoms with Gasteiger partial charge in [-0.25, -0.2) is 0 Å². The third-order valence-corrected chi connectivity index (χ3v) is 3.33. The molecule has 0 aromatic carbocycles. The molecule has 8 heteroatoms. The molecule has 1 aliphatic heterocycles. The Balaban J connectivity index is 1.95. The van der Waals surface area contributed by atoms with E-state index in [1.807, 2.05) is 0 Å². The van der Waals surface area contributed by atoms with Crippen molar-refractivity contribution in [3.05, 3.63) is 18.5 Å². The number of β-amino-alcohol motifs (C(OH)–C–C–N with tert-alkyl or cyclic N) is 2. The number of carbonyl (C=O) groups is 2. The lowest BCUT2D eigenvalue weighted by molar-refractivity contribution is -0.132. The Morgan fingerprint density at radius 3 is 2.90 bits per heavy atom. The van der Waals surface area contributed by atoms with Gasteiger partial charge in [-0.3, -0.25) is 14.3 Å². The number of nitrogens with zero attached hydrogens (tertiary/aromatic N) is 3. The van der Waals surface area contributed by atoms with Crippen molar-refractivity contribution < 1.29 is 19.8 Å². The Morgan fingerprint density at radius 1 is 1.55 bits per heavy atom. The second kappa shape index (κ2) is 5.59. The van der Waals surface area contributed by atoms with Crippen molar-refractivity contribution >= 4 is 11.8 Å². The van der Waals surface area contributed by atoms with Crippen molar-refractivity contribution in [3.8, 4) is 0 Å². The molecule has 1 saturated heterocycles. The zero-order valence-corrected chi connectivity index (χ0v) is 11.2. The molecule has 2 amide bonds. The van der Waals surface area contributed by atoms with Crippen molar-refractivity contribution in [2.45, 2.75) is 25.2 Å². The predicted octanol–water partition coefficient (Wildman–Crippen LogP) is -2.05. The number of carbonyl (C=O) groups excluding carboxylic acids is 2. The Morgan fingerprint density at radius 2 is 2.30 bits per heavy atom. The van der Waals surface area contributed by atoms with Crippen LogP contribution in [-0.2, 0) is 16.1 Å². The number of aliphatic hydroxyl groups is 2. The third kappa shape index (κ3) is 3.14. The highest BCUT2D eigenvalue weighted by Gasteiger charge is 2.46. The van der Waals surface area contributed by atoms with E-state index < -0.39 is 11.7 Å². The number of aromatic nitrogens is 2. The van der Waals surface area contributed by atoms with Crippen LogP contribution in [0.2, 0.25) is 0 Å². The molecule has 110 valence electrons. The van der Waals surface area contributed by atoms with Gasteiger partial charge in [0.1, 0.15) is 18.2 Å². The summed E-state index contributed by atoms with van der Waals surface area (Å²) in [5.41, 5.74) is -1.51. The molecule has 0 radical (unpaired) electrons. The second-order valence-electron chi connectivity index (χ2n) is 5.01. The molecule has 3 N–H and O–H groups in total. The summed E-state index contributed by atoms with van der Waals surface area (Å²) >= 11 is 0. The van der Waals surface area contributed by atoms with E-state index in [0.29, 0.717) is 0 Å². The van der Waals surface area contributed by atoms with E-state index in [2.05, 4.69) is 10.4 Å². The van der Waals surface area contributed by atoms with E-state index >= 15 is 0 Å². The summed E-state index contributed by atoms with van der Waals surface area (Å²) in [5, 5.41) is 26.6. The Bertz CT molecular complexity index is 490. The van der Waals surface area contributed by atoms with Crippen LogP contribution in [0.4, 0.5) is 0 Å². The van der Waals surface area contributed by atoms with Crippen LogP contribution in [0.15, 0.2) is 18.5 Å². The van der Waals surface area contributed by atoms with Gasteiger partial charge in [0, 0.05) is 25.9 Å². The zero-order valence-electron chi connectivity index (χ0n) is 11.2. The minimum atomic E-state index is -1.51. The average molecular weight is 282 g/mol. The van der Waals surface area contributed by atoms with E-state index in [9.17, 15) is 19.8 Å². The maximum Gasteiger partial charge on any atom is 0.244 e. The topological polar surface area (TPSA) is 108 Å². The minimum absolute atomic E-state index is 0.0193. The monoisotopic (exact) mass is 282 g/mol. The first-order chi connectivity index (χ1) is 9.40. The number of aliphatic hydroxyl groups excluding tert-OH is 1. The first-order valence-corrected chi connectivity index (χ1v) is 6.31. The highest BCUT2D eigenvalue weighted by Crippen LogP contribution is 2.21. The number of hydrogen-bond acceptors (Lipinski definition) is 5. The second-order valence-corrected chi connectivity index (χ2v) is 5.01. The van der Waals surface area contributed by atoms with Crippen LogP contribution in [0.3, 0.4) is 0 Å². The molecule has 1 aromatic rings. The molecule has 0 bridgehead atoms. The number of amides is 2. The third-order valence-electron chi connectivity index (χ3n) is 3.33. The van der Waals surface area contributed by atoms with Gasteiger partial charge in [-0.05, 0) is 6.07 Å². The average Bonchev–Trinajstić information content (AvgIpc) is 2.97. The fraction of sp³-hybridized carbons (Fsp3) is 0.583. The highest BCUT2D eigenvalue weighted by atomic mass is 16.3. The van der Waals surface area contributed by atoms with Crippen LogP contribution in [0.1, 0.15) is 6.92 Å². The summed E-state index contributed by atoms with van der Waals surface area (Å²) in [6.45, 7) is 1.31. The van der Waals surface area contributed by atoms with Gasteiger partial charge in [-0.2, -0.15) is 5.10 Å². The van der Waals surface area contributed by atoms with Gasteiger partial charge in [0.2, 0.25) is 11.8 Å². The molecule has 1 aromatic heterocycles. The van der Waals surface area contributed by atoms with Crippen molar-refractivity contribution in [1.82, 2.24) is 20.0 Å². The maximum absolute atomic E-state index is 12.0. The molecule has 2 heterocycles. The van der Waals surface area contributed by atoms with E-state index in [1.165, 1.54) is 16.5 Å². The van der Waals surface area contributed by atoms with Gasteiger partial charge in [0.05, 0.1) is 13.1 Å². The van der Waals surface area contributed by atoms with Gasteiger partial charge < -0.3 is 20.4 Å². The Kier molecular flexibility index (Phi) is 4.05. The largest absolute Gasteiger partial charge is 0.388 e. The first-order valence-electron chi connectivity index (χ1n) is 6.31. The molecule has 20 heavy (non-hydrogen) atoms. The first kappa shape index (κ1) is 14.5. The van der Waals surface area contributed by atoms with Crippen LogP contribution in [0.25, 0.3) is 0 Å². The van der Waals surface area contributed by atoms with Crippen LogP contribution < -0.4 is 5.32 Å². The van der Waals surface area contributed by atoms with Crippen LogP contribution in [0.5, 0.6) is 0 Å². The summed E-state index contributed by atoms with van der Waals surface area (Å²) < 4.78 is 1.47. The van der Waals surface area contributed by atoms with Crippen molar-refractivity contribution in [1.29, 1.82) is 0 Å². The molecule has 2 atom stereocenters. The van der Waals surface area contributed by atoms with E-state index in [-0.39, 0.29) is 38.0 Å². The molecular formula is C12H18N4O4. The molecule has 0 saturated carbocycles. The Hall–Kier alpha value is -1.93. The number of nitrogens with one attached hydrogen (secondary N) is 1. The molecule has 1 fully saturated rings. The van der Waals surface area contributed by atoms with Gasteiger partial charge in [0.25, 0.3) is 0 Å². The van der Waals surface area contributed by atoms with Gasteiger partial charge in [0.15, 0.2) is 0 Å². The molecule has 2 rings (SSSR count). The zero-order chi connectivity index (χ0) is 14.8. The quantitative estimate of drug-likeness (QED) is 0.589. The van der Waals surface area contributed by atoms with Gasteiger partial charge >= 0.3 is 0 Å².